The van der Waals surface area contributed by atoms with Gasteiger partial charge in [0.15, 0.2) is 0 Å². The van der Waals surface area contributed by atoms with Gasteiger partial charge in [-0.25, -0.2) is 9.59 Å². The van der Waals surface area contributed by atoms with E-state index in [1.165, 1.54) is 22.3 Å². The van der Waals surface area contributed by atoms with E-state index in [1.807, 2.05) is 61.5 Å². The second-order valence-corrected chi connectivity index (χ2v) is 19.4. The van der Waals surface area contributed by atoms with Gasteiger partial charge >= 0.3 is 12.1 Å². The van der Waals surface area contributed by atoms with Crippen LogP contribution in [0.5, 0.6) is 11.5 Å². The quantitative estimate of drug-likeness (QED) is 0.0270. The second kappa shape index (κ2) is 33.9. The summed E-state index contributed by atoms with van der Waals surface area (Å²) in [6, 6.07) is 37.7. The van der Waals surface area contributed by atoms with Crippen molar-refractivity contribution in [2.24, 2.45) is 0 Å². The molecule has 18 heteroatoms. The number of urea groups is 2. The number of aryl methyl sites for hydroxylation is 7. The summed E-state index contributed by atoms with van der Waals surface area (Å²) in [7, 11) is 0. The predicted molar refractivity (Wildman–Crippen MR) is 311 cm³/mol. The molecule has 0 atom stereocenters. The molecule has 2 aromatic heterocycles. The summed E-state index contributed by atoms with van der Waals surface area (Å²) in [5.74, 6) is 3.44. The summed E-state index contributed by atoms with van der Waals surface area (Å²) >= 11 is 0. The van der Waals surface area contributed by atoms with E-state index in [1.54, 1.807) is 12.1 Å². The van der Waals surface area contributed by atoms with Gasteiger partial charge in [0.25, 0.3) is 0 Å². The predicted octanol–water partition coefficient (Wildman–Crippen LogP) is 11.3. The molecule has 0 bridgehead atoms. The van der Waals surface area contributed by atoms with Crippen molar-refractivity contribution >= 4 is 23.4 Å². The molecule has 0 fully saturated rings. The molecule has 0 aliphatic heterocycles. The number of nitrogens with one attached hydrogen (secondary N) is 4. The lowest BCUT2D eigenvalue weighted by atomic mass is 10.00. The third-order valence-corrected chi connectivity index (χ3v) is 12.8. The first-order chi connectivity index (χ1) is 39.6. The molecule has 5 aromatic carbocycles. The zero-order valence-corrected chi connectivity index (χ0v) is 47.4. The van der Waals surface area contributed by atoms with Crippen molar-refractivity contribution < 1.29 is 56.5 Å². The highest BCUT2D eigenvalue weighted by atomic mass is 16.6. The topological polar surface area (TPSA) is 208 Å². The molecule has 2 heterocycles. The summed E-state index contributed by atoms with van der Waals surface area (Å²) in [4.78, 5) is 25.2. The van der Waals surface area contributed by atoms with Gasteiger partial charge in [0.2, 0.25) is 0 Å². The highest BCUT2D eigenvalue weighted by Crippen LogP contribution is 2.32. The van der Waals surface area contributed by atoms with E-state index in [0.717, 1.165) is 75.1 Å². The lowest BCUT2D eigenvalue weighted by Crippen LogP contribution is -2.32. The Balaban J connectivity index is 0.626. The van der Waals surface area contributed by atoms with E-state index in [0.29, 0.717) is 130 Å². The van der Waals surface area contributed by atoms with E-state index in [2.05, 4.69) is 108 Å². The van der Waals surface area contributed by atoms with Crippen LogP contribution in [0.4, 0.5) is 21.0 Å². The Bertz CT molecular complexity index is 2940. The van der Waals surface area contributed by atoms with Gasteiger partial charge in [0.05, 0.1) is 92.5 Å². The summed E-state index contributed by atoms with van der Waals surface area (Å²) in [6.45, 7) is 16.3. The number of anilines is 2. The van der Waals surface area contributed by atoms with Gasteiger partial charge < -0.3 is 68.2 Å². The molecule has 0 radical (unpaired) electrons. The highest BCUT2D eigenvalue weighted by Gasteiger charge is 2.13. The molecule has 18 nitrogen and oxygen atoms in total. The van der Waals surface area contributed by atoms with E-state index in [9.17, 15) is 9.59 Å². The van der Waals surface area contributed by atoms with Gasteiger partial charge in [-0.05, 0) is 134 Å². The van der Waals surface area contributed by atoms with Crippen LogP contribution in [0.3, 0.4) is 0 Å². The molecule has 4 amide bonds. The number of rotatable bonds is 36. The molecule has 4 N–H and O–H groups in total. The molecule has 81 heavy (non-hydrogen) atoms. The summed E-state index contributed by atoms with van der Waals surface area (Å²) in [5, 5.41) is 19.4. The van der Waals surface area contributed by atoms with Gasteiger partial charge in [0.1, 0.15) is 34.4 Å². The number of aromatic nitrogens is 2. The fraction of sp³-hybridized carbons (Fsp3) is 0.397. The summed E-state index contributed by atoms with van der Waals surface area (Å²) in [6.07, 6.45) is 3.01. The number of carbonyl (C=O) groups is 2. The van der Waals surface area contributed by atoms with E-state index in [4.69, 9.17) is 46.9 Å². The zero-order valence-electron chi connectivity index (χ0n) is 47.4. The number of nitrogens with zero attached hydrogens (tertiary/aromatic N) is 2. The fourth-order valence-corrected chi connectivity index (χ4v) is 8.76. The van der Waals surface area contributed by atoms with Crippen LogP contribution >= 0.6 is 0 Å². The van der Waals surface area contributed by atoms with Crippen molar-refractivity contribution in [1.82, 2.24) is 20.9 Å². The Morgan fingerprint density at radius 1 is 0.420 bits per heavy atom. The molecule has 0 aliphatic rings. The number of benzene rings is 5. The maximum absolute atomic E-state index is 12.6. The Labute approximate surface area is 475 Å². The van der Waals surface area contributed by atoms with Gasteiger partial charge in [-0.2, -0.15) is 0 Å². The van der Waals surface area contributed by atoms with Crippen molar-refractivity contribution in [2.75, 3.05) is 103 Å². The SMILES string of the molecule is Cc1ccc(NC(=O)NCCOCCOCCOCc2cc(CCCOc3c(C)cc(-c4ccccc4)cc3C)on2)cc1NC(=O)NCCOCCOCCOCc1cc(CCCOc2c(C)cc(-c3ccccc3)cc2C)on1. The van der Waals surface area contributed by atoms with Crippen LogP contribution in [0.1, 0.15) is 63.6 Å². The smallest absolute Gasteiger partial charge is 0.319 e. The Morgan fingerprint density at radius 2 is 0.827 bits per heavy atom. The number of hydrogen-bond acceptors (Lipinski definition) is 14. The number of amides is 4. The molecular formula is C63H78N6O12. The van der Waals surface area contributed by atoms with Crippen LogP contribution in [0.15, 0.2) is 124 Å². The van der Waals surface area contributed by atoms with Crippen LogP contribution in [0.25, 0.3) is 22.3 Å². The Kier molecular flexibility index (Phi) is 25.5. The lowest BCUT2D eigenvalue weighted by Gasteiger charge is -2.14. The van der Waals surface area contributed by atoms with Crippen molar-refractivity contribution in [3.05, 3.63) is 166 Å². The largest absolute Gasteiger partial charge is 0.493 e. The third kappa shape index (κ3) is 21.4. The van der Waals surface area contributed by atoms with Gasteiger partial charge in [-0.3, -0.25) is 0 Å². The average Bonchev–Trinajstić information content (AvgIpc) is 4.16. The van der Waals surface area contributed by atoms with E-state index >= 15 is 0 Å². The summed E-state index contributed by atoms with van der Waals surface area (Å²) in [5.41, 5.74) is 12.6. The number of carbonyl (C=O) groups excluding carboxylic acids is 2. The van der Waals surface area contributed by atoms with Crippen molar-refractivity contribution in [3.63, 3.8) is 0 Å². The maximum atomic E-state index is 12.6. The zero-order chi connectivity index (χ0) is 56.9. The summed E-state index contributed by atoms with van der Waals surface area (Å²) < 4.78 is 57.1. The molecule has 432 valence electrons. The molecule has 0 saturated heterocycles. The first kappa shape index (κ1) is 61.0. The van der Waals surface area contributed by atoms with E-state index < -0.39 is 12.1 Å². The normalized spacial score (nSPS) is 11.2. The first-order valence-electron chi connectivity index (χ1n) is 27.7. The van der Waals surface area contributed by atoms with E-state index in [-0.39, 0.29) is 0 Å². The number of ether oxygens (including phenoxy) is 8. The van der Waals surface area contributed by atoms with Crippen LogP contribution in [0, 0.1) is 34.6 Å². The lowest BCUT2D eigenvalue weighted by molar-refractivity contribution is 0.0105. The van der Waals surface area contributed by atoms with Gasteiger partial charge in [-0.1, -0.05) is 77.0 Å². The molecule has 0 spiro atoms. The monoisotopic (exact) mass is 1110 g/mol. The number of hydrogen-bond donors (Lipinski definition) is 4. The fourth-order valence-electron chi connectivity index (χ4n) is 8.76. The van der Waals surface area contributed by atoms with Crippen LogP contribution in [-0.2, 0) is 54.5 Å². The minimum absolute atomic E-state index is 0.295. The average molecular weight is 1110 g/mol. The molecule has 0 unspecified atom stereocenters. The Hall–Kier alpha value is -7.58. The van der Waals surface area contributed by atoms with Crippen LogP contribution in [-0.4, -0.2) is 115 Å². The van der Waals surface area contributed by atoms with Crippen LogP contribution in [0.2, 0.25) is 0 Å². The minimum Gasteiger partial charge on any atom is -0.493 e. The van der Waals surface area contributed by atoms with Gasteiger partial charge in [0, 0.05) is 49.4 Å². The molecule has 7 rings (SSSR count). The maximum Gasteiger partial charge on any atom is 0.319 e. The highest BCUT2D eigenvalue weighted by molar-refractivity contribution is 5.93. The van der Waals surface area contributed by atoms with Crippen molar-refractivity contribution in [1.29, 1.82) is 0 Å². The molecular weight excluding hydrogens is 1030 g/mol. The molecule has 0 saturated carbocycles. The molecule has 7 aromatic rings. The van der Waals surface area contributed by atoms with Crippen molar-refractivity contribution in [3.8, 4) is 33.8 Å². The minimum atomic E-state index is -0.402. The van der Waals surface area contributed by atoms with Gasteiger partial charge in [-0.15, -0.1) is 0 Å². The van der Waals surface area contributed by atoms with Crippen LogP contribution < -0.4 is 30.7 Å². The van der Waals surface area contributed by atoms with Crippen molar-refractivity contribution in [2.45, 2.75) is 73.5 Å². The standard InChI is InChI=1S/C63H78N6O12/c1-45-20-21-54(66-62(70)64-22-26-72-28-30-74-32-34-76-43-55-40-57(80-68-55)18-12-24-78-60-46(2)36-52(37-47(60)3)50-14-8-6-9-15-50)42-59(45)67-63(71)65-23-27-73-29-31-75-33-35-77-44-56-41-58(81-69-56)19-13-25-79-61-48(4)38-53(39-49(61)5)51-16-10-7-11-17-51/h6-11,14-17,20-21,36-42H,12-13,18-19,22-35,43-44H2,1-5H3,(H2,64,66,70)(H2,65,67,71). The second-order valence-electron chi connectivity index (χ2n) is 19.4. The third-order valence-electron chi connectivity index (χ3n) is 12.8. The molecule has 0 aliphatic carbocycles. The Morgan fingerprint density at radius 3 is 1.27 bits per heavy atom. The first-order valence-corrected chi connectivity index (χ1v) is 27.7.